The molecular formula is C14H10ClFN2O3. The lowest BCUT2D eigenvalue weighted by Gasteiger charge is -2.11. The van der Waals surface area contributed by atoms with Crippen molar-refractivity contribution in [3.8, 4) is 16.9 Å². The molecule has 2 rings (SSSR count). The lowest BCUT2D eigenvalue weighted by molar-refractivity contribution is 0.210. The highest BCUT2D eigenvalue weighted by Gasteiger charge is 2.11. The van der Waals surface area contributed by atoms with E-state index in [9.17, 15) is 9.18 Å². The van der Waals surface area contributed by atoms with Gasteiger partial charge in [0.05, 0.1) is 5.69 Å². The number of anilines is 1. The van der Waals surface area contributed by atoms with Crippen molar-refractivity contribution in [3.63, 3.8) is 0 Å². The van der Waals surface area contributed by atoms with Crippen LogP contribution in [0, 0.1) is 11.2 Å². The van der Waals surface area contributed by atoms with Gasteiger partial charge in [0.2, 0.25) is 0 Å². The first-order valence-corrected chi connectivity index (χ1v) is 6.13. The van der Waals surface area contributed by atoms with Crippen LogP contribution in [0.2, 0.25) is 5.02 Å². The number of hydrogen-bond acceptors (Lipinski definition) is 3. The third-order valence-electron chi connectivity index (χ3n) is 2.60. The molecule has 0 fully saturated rings. The summed E-state index contributed by atoms with van der Waals surface area (Å²) in [5.74, 6) is -0.228. The molecule has 1 amide bonds. The number of nitrogens with one attached hydrogen (secondary N) is 2. The molecule has 0 aliphatic carbocycles. The van der Waals surface area contributed by atoms with Crippen molar-refractivity contribution in [1.29, 1.82) is 5.41 Å². The van der Waals surface area contributed by atoms with Gasteiger partial charge in [-0.05, 0) is 42.0 Å². The van der Waals surface area contributed by atoms with Crippen LogP contribution in [0.5, 0.6) is 5.75 Å². The minimum atomic E-state index is -1.26. The van der Waals surface area contributed by atoms with Crippen molar-refractivity contribution in [2.45, 2.75) is 0 Å². The number of carbonyl (C=O) groups is 1. The predicted molar refractivity (Wildman–Crippen MR) is 77.9 cm³/mol. The fraction of sp³-hybridized carbons (Fsp3) is 0. The van der Waals surface area contributed by atoms with Crippen LogP contribution in [0.3, 0.4) is 0 Å². The first-order valence-electron chi connectivity index (χ1n) is 5.75. The summed E-state index contributed by atoms with van der Waals surface area (Å²) in [5, 5.41) is 18.2. The van der Waals surface area contributed by atoms with E-state index >= 15 is 0 Å². The van der Waals surface area contributed by atoms with E-state index in [1.165, 1.54) is 24.3 Å². The van der Waals surface area contributed by atoms with Crippen molar-refractivity contribution >= 4 is 29.8 Å². The Morgan fingerprint density at radius 2 is 2.10 bits per heavy atom. The molecular weight excluding hydrogens is 299 g/mol. The molecule has 0 radical (unpaired) electrons. The molecule has 0 unspecified atom stereocenters. The van der Waals surface area contributed by atoms with Gasteiger partial charge in [-0.2, -0.15) is 0 Å². The third kappa shape index (κ3) is 3.70. The SMILES string of the molecule is N=COc1cc(Cl)cc(-c2cc(F)ccc2NC(=O)O)c1. The number of benzene rings is 2. The minimum Gasteiger partial charge on any atom is -0.465 e. The summed E-state index contributed by atoms with van der Waals surface area (Å²) >= 11 is 5.95. The summed E-state index contributed by atoms with van der Waals surface area (Å²) in [5.41, 5.74) is 0.990. The Hall–Kier alpha value is -2.60. The molecule has 0 bridgehead atoms. The molecule has 2 aromatic rings. The lowest BCUT2D eigenvalue weighted by Crippen LogP contribution is -2.08. The molecule has 7 heteroatoms. The lowest BCUT2D eigenvalue weighted by atomic mass is 10.0. The summed E-state index contributed by atoms with van der Waals surface area (Å²) in [6.45, 7) is 0. The monoisotopic (exact) mass is 308 g/mol. The van der Waals surface area contributed by atoms with E-state index < -0.39 is 11.9 Å². The normalized spacial score (nSPS) is 10.0. The van der Waals surface area contributed by atoms with Crippen molar-refractivity contribution in [2.24, 2.45) is 0 Å². The number of amides is 1. The standard InChI is InChI=1S/C14H10ClFN2O3/c15-9-3-8(4-11(5-9)21-7-17)12-6-10(16)1-2-13(12)18-14(19)20/h1-7,17-18H,(H,19,20). The number of hydrogen-bond donors (Lipinski definition) is 3. The maximum atomic E-state index is 13.4. The molecule has 108 valence electrons. The number of halogens is 2. The van der Waals surface area contributed by atoms with Gasteiger partial charge in [0.1, 0.15) is 11.6 Å². The van der Waals surface area contributed by atoms with Crippen LogP contribution in [0.25, 0.3) is 11.1 Å². The highest BCUT2D eigenvalue weighted by atomic mass is 35.5. The van der Waals surface area contributed by atoms with Gasteiger partial charge in [-0.15, -0.1) is 0 Å². The maximum Gasteiger partial charge on any atom is 0.409 e. The zero-order chi connectivity index (χ0) is 15.4. The topological polar surface area (TPSA) is 82.4 Å². The van der Waals surface area contributed by atoms with Gasteiger partial charge < -0.3 is 9.84 Å². The smallest absolute Gasteiger partial charge is 0.409 e. The second-order valence-corrected chi connectivity index (χ2v) is 4.47. The zero-order valence-corrected chi connectivity index (χ0v) is 11.3. The highest BCUT2D eigenvalue weighted by Crippen LogP contribution is 2.33. The number of rotatable bonds is 4. The summed E-state index contributed by atoms with van der Waals surface area (Å²) in [6, 6.07) is 8.20. The second kappa shape index (κ2) is 6.23. The van der Waals surface area contributed by atoms with Crippen LogP contribution in [0.1, 0.15) is 0 Å². The largest absolute Gasteiger partial charge is 0.465 e. The molecule has 0 aliphatic heterocycles. The van der Waals surface area contributed by atoms with Crippen LogP contribution in [-0.4, -0.2) is 17.6 Å². The first kappa shape index (κ1) is 14.8. The van der Waals surface area contributed by atoms with E-state index in [4.69, 9.17) is 26.9 Å². The predicted octanol–water partition coefficient (Wildman–Crippen LogP) is 4.22. The molecule has 2 aromatic carbocycles. The van der Waals surface area contributed by atoms with E-state index in [0.717, 1.165) is 12.5 Å². The van der Waals surface area contributed by atoms with Gasteiger partial charge in [0.15, 0.2) is 6.40 Å². The van der Waals surface area contributed by atoms with Gasteiger partial charge in [-0.25, -0.2) is 9.18 Å². The van der Waals surface area contributed by atoms with E-state index in [2.05, 4.69) is 5.32 Å². The average Bonchev–Trinajstić information content (AvgIpc) is 2.40. The zero-order valence-electron chi connectivity index (χ0n) is 10.6. The first-order chi connectivity index (χ1) is 9.99. The molecule has 0 heterocycles. The fourth-order valence-electron chi connectivity index (χ4n) is 1.83. The second-order valence-electron chi connectivity index (χ2n) is 4.03. The van der Waals surface area contributed by atoms with Crippen LogP contribution in [-0.2, 0) is 0 Å². The Kier molecular flexibility index (Phi) is 4.39. The Morgan fingerprint density at radius 1 is 1.33 bits per heavy atom. The Labute approximate surface area is 124 Å². The van der Waals surface area contributed by atoms with Gasteiger partial charge in [-0.1, -0.05) is 11.6 Å². The summed E-state index contributed by atoms with van der Waals surface area (Å²) in [7, 11) is 0. The number of ether oxygens (including phenoxy) is 1. The number of carboxylic acid groups (broad SMARTS) is 1. The Bertz CT molecular complexity index is 707. The van der Waals surface area contributed by atoms with E-state index in [1.807, 2.05) is 0 Å². The van der Waals surface area contributed by atoms with E-state index in [-0.39, 0.29) is 11.4 Å². The Balaban J connectivity index is 2.56. The summed E-state index contributed by atoms with van der Waals surface area (Å²) in [4.78, 5) is 10.8. The van der Waals surface area contributed by atoms with Crippen LogP contribution < -0.4 is 10.1 Å². The molecule has 0 aliphatic rings. The third-order valence-corrected chi connectivity index (χ3v) is 2.82. The van der Waals surface area contributed by atoms with Crippen molar-refractivity contribution in [1.82, 2.24) is 0 Å². The molecule has 21 heavy (non-hydrogen) atoms. The Morgan fingerprint density at radius 3 is 2.76 bits per heavy atom. The molecule has 5 nitrogen and oxygen atoms in total. The molecule has 0 aromatic heterocycles. The minimum absolute atomic E-state index is 0.215. The van der Waals surface area contributed by atoms with Gasteiger partial charge >= 0.3 is 6.09 Å². The van der Waals surface area contributed by atoms with Crippen molar-refractivity contribution in [2.75, 3.05) is 5.32 Å². The molecule has 0 saturated carbocycles. The maximum absolute atomic E-state index is 13.4. The molecule has 0 saturated heterocycles. The highest BCUT2D eigenvalue weighted by molar-refractivity contribution is 6.31. The molecule has 0 spiro atoms. The summed E-state index contributed by atoms with van der Waals surface area (Å²) < 4.78 is 18.4. The van der Waals surface area contributed by atoms with Gasteiger partial charge in [0.25, 0.3) is 0 Å². The van der Waals surface area contributed by atoms with Gasteiger partial charge in [0, 0.05) is 10.6 Å². The van der Waals surface area contributed by atoms with E-state index in [1.54, 1.807) is 6.07 Å². The molecule has 3 N–H and O–H groups in total. The van der Waals surface area contributed by atoms with E-state index in [0.29, 0.717) is 16.1 Å². The van der Waals surface area contributed by atoms with Crippen molar-refractivity contribution in [3.05, 3.63) is 47.2 Å². The summed E-state index contributed by atoms with van der Waals surface area (Å²) in [6.07, 6.45) is -0.530. The van der Waals surface area contributed by atoms with Gasteiger partial charge in [-0.3, -0.25) is 10.7 Å². The van der Waals surface area contributed by atoms with Crippen LogP contribution >= 0.6 is 11.6 Å². The average molecular weight is 309 g/mol. The quantitative estimate of drug-likeness (QED) is 0.584. The van der Waals surface area contributed by atoms with Crippen LogP contribution in [0.15, 0.2) is 36.4 Å². The molecule has 0 atom stereocenters. The fourth-order valence-corrected chi connectivity index (χ4v) is 2.06. The van der Waals surface area contributed by atoms with Crippen LogP contribution in [0.4, 0.5) is 14.9 Å². The van der Waals surface area contributed by atoms with Crippen molar-refractivity contribution < 1.29 is 19.0 Å².